The number of anilines is 1. The first kappa shape index (κ1) is 28.2. The molecular formula is C12H19I4N4O3-. The van der Waals surface area contributed by atoms with E-state index in [1.807, 2.05) is 6.92 Å². The number of H-pyrrole nitrogens is 2. The van der Waals surface area contributed by atoms with E-state index in [4.69, 9.17) is 10.8 Å². The fourth-order valence-corrected chi connectivity index (χ4v) is 1.09. The smallest absolute Gasteiger partial charge is 0.344 e. The number of nitrogens with two attached hydrogens (primary N) is 1. The van der Waals surface area contributed by atoms with E-state index in [2.05, 4.69) is 47.2 Å². The Hall–Kier alpha value is 0.380. The number of hydrogen-bond donors (Lipinski definition) is 5. The number of hydrogen-bond acceptors (Lipinski definition) is 5. The molecule has 0 radical (unpaired) electrons. The van der Waals surface area contributed by atoms with E-state index >= 15 is 0 Å². The number of pyridine rings is 2. The summed E-state index contributed by atoms with van der Waals surface area (Å²) in [6, 6.07) is 2.52. The SMILES string of the molecule is Cc1c[nH]c(=O)cc1N.Cc1c[nH]c(=O)cc1O.I.I[I-]I.N. The molecule has 134 valence electrons. The zero-order valence-electron chi connectivity index (χ0n) is 12.4. The third-order valence-corrected chi connectivity index (χ3v) is 2.28. The van der Waals surface area contributed by atoms with Crippen molar-refractivity contribution in [1.82, 2.24) is 16.1 Å². The molecule has 2 aromatic heterocycles. The summed E-state index contributed by atoms with van der Waals surface area (Å²) in [4.78, 5) is 25.9. The number of aryl methyl sites for hydroxylation is 2. The second-order valence-corrected chi connectivity index (χ2v) is 20.1. The third-order valence-electron chi connectivity index (χ3n) is 2.28. The van der Waals surface area contributed by atoms with Crippen molar-refractivity contribution in [2.75, 3.05) is 5.73 Å². The van der Waals surface area contributed by atoms with E-state index in [0.29, 0.717) is 24.5 Å². The number of halogens is 4. The Morgan fingerprint density at radius 2 is 1.43 bits per heavy atom. The first-order chi connectivity index (χ1) is 9.81. The number of aromatic hydroxyl groups is 1. The van der Waals surface area contributed by atoms with Crippen LogP contribution in [-0.2, 0) is 0 Å². The molecule has 0 aliphatic rings. The minimum atomic E-state index is -0.280. The molecule has 0 bridgehead atoms. The van der Waals surface area contributed by atoms with Crippen LogP contribution in [0.15, 0.2) is 34.1 Å². The Balaban J connectivity index is -0.000000277. The molecule has 0 saturated heterocycles. The summed E-state index contributed by atoms with van der Waals surface area (Å²) >= 11 is 5.30. The fraction of sp³-hybridized carbons (Fsp3) is 0.167. The quantitative estimate of drug-likeness (QED) is 0.243. The molecule has 0 aliphatic carbocycles. The van der Waals surface area contributed by atoms with Gasteiger partial charge in [0.25, 0.3) is 5.56 Å². The normalized spacial score (nSPS) is 8.35. The molecule has 0 aliphatic heterocycles. The van der Waals surface area contributed by atoms with Crippen LogP contribution in [0, 0.1) is 13.8 Å². The van der Waals surface area contributed by atoms with Crippen LogP contribution >= 0.6 is 61.2 Å². The van der Waals surface area contributed by atoms with Gasteiger partial charge in [-0.2, -0.15) is 0 Å². The molecule has 0 fully saturated rings. The Morgan fingerprint density at radius 3 is 1.74 bits per heavy atom. The second kappa shape index (κ2) is 15.9. The molecule has 2 heterocycles. The van der Waals surface area contributed by atoms with Gasteiger partial charge < -0.3 is 27.0 Å². The molecule has 0 spiro atoms. The van der Waals surface area contributed by atoms with Crippen molar-refractivity contribution >= 4 is 66.9 Å². The number of nitrogen functional groups attached to an aromatic ring is 1. The molecule has 7 nitrogen and oxygen atoms in total. The Bertz CT molecular complexity index is 618. The Morgan fingerprint density at radius 1 is 1.04 bits per heavy atom. The van der Waals surface area contributed by atoms with Gasteiger partial charge in [0, 0.05) is 35.8 Å². The van der Waals surface area contributed by atoms with Gasteiger partial charge in [-0.15, -0.1) is 24.0 Å². The van der Waals surface area contributed by atoms with E-state index in [9.17, 15) is 9.59 Å². The van der Waals surface area contributed by atoms with Crippen LogP contribution < -0.4 is 36.3 Å². The van der Waals surface area contributed by atoms with E-state index in [1.54, 1.807) is 13.1 Å². The van der Waals surface area contributed by atoms with Gasteiger partial charge in [0.05, 0.1) is 0 Å². The van der Waals surface area contributed by atoms with Crippen molar-refractivity contribution in [3.05, 3.63) is 56.4 Å². The zero-order chi connectivity index (χ0) is 16.4. The summed E-state index contributed by atoms with van der Waals surface area (Å²) < 4.78 is 0. The molecule has 8 N–H and O–H groups in total. The minimum Gasteiger partial charge on any atom is -0.344 e. The average molecular weight is 775 g/mol. The Labute approximate surface area is 180 Å². The molecule has 23 heavy (non-hydrogen) atoms. The molecule has 2 aromatic rings. The van der Waals surface area contributed by atoms with Crippen molar-refractivity contribution in [3.8, 4) is 5.75 Å². The second-order valence-electron chi connectivity index (χ2n) is 3.86. The van der Waals surface area contributed by atoms with Crippen LogP contribution in [-0.4, -0.2) is 15.1 Å². The number of aromatic amines is 2. The largest absolute Gasteiger partial charge is 0.344 e. The molecule has 0 amide bonds. The van der Waals surface area contributed by atoms with Gasteiger partial charge in [-0.25, -0.2) is 0 Å². The van der Waals surface area contributed by atoms with Crippen LogP contribution in [0.2, 0.25) is 0 Å². The van der Waals surface area contributed by atoms with E-state index in [0.717, 1.165) is 11.6 Å². The van der Waals surface area contributed by atoms with Crippen LogP contribution in [0.5, 0.6) is 5.75 Å². The topological polar surface area (TPSA) is 147 Å². The number of aromatic nitrogens is 2. The predicted molar refractivity (Wildman–Crippen MR) is 118 cm³/mol. The van der Waals surface area contributed by atoms with E-state index < -0.39 is 0 Å². The van der Waals surface area contributed by atoms with Crippen molar-refractivity contribution in [1.29, 1.82) is 0 Å². The summed E-state index contributed by atoms with van der Waals surface area (Å²) in [5.41, 5.74) is 7.08. The molecular weight excluding hydrogens is 756 g/mol. The molecule has 11 heteroatoms. The van der Waals surface area contributed by atoms with Crippen LogP contribution in [0.1, 0.15) is 11.1 Å². The van der Waals surface area contributed by atoms with E-state index in [-0.39, 0.29) is 47.0 Å². The first-order valence-corrected chi connectivity index (χ1v) is 18.1. The zero-order valence-corrected chi connectivity index (χ0v) is 21.2. The third kappa shape index (κ3) is 13.4. The maximum Gasteiger partial charge on any atom is -0.344 e. The maximum absolute atomic E-state index is 10.5. The van der Waals surface area contributed by atoms with Gasteiger partial charge in [0.1, 0.15) is 5.75 Å². The Kier molecular flexibility index (Phi) is 19.5. The maximum atomic E-state index is 10.5. The van der Waals surface area contributed by atoms with Crippen LogP contribution in [0.4, 0.5) is 5.69 Å². The molecule has 0 unspecified atom stereocenters. The predicted octanol–water partition coefficient (Wildman–Crippen LogP) is 0.210. The van der Waals surface area contributed by atoms with Crippen molar-refractivity contribution < 1.29 is 18.4 Å². The van der Waals surface area contributed by atoms with Crippen molar-refractivity contribution in [2.24, 2.45) is 0 Å². The van der Waals surface area contributed by atoms with Gasteiger partial charge >= 0.3 is 50.5 Å². The average Bonchev–Trinajstić information content (AvgIpc) is 2.41. The fourth-order valence-electron chi connectivity index (χ4n) is 1.09. The number of rotatable bonds is 0. The van der Waals surface area contributed by atoms with Crippen LogP contribution in [0.25, 0.3) is 0 Å². The summed E-state index contributed by atoms with van der Waals surface area (Å²) in [7, 11) is 0. The van der Waals surface area contributed by atoms with Gasteiger partial charge in [-0.1, -0.05) is 0 Å². The standard InChI is InChI=1S/C6H8N2O.C6H7NO2.I3.HI.H3N/c1-4-3-8-6(9)2-5(4)7;1-4-3-7-6(9)2-5(4)8;1-3-2;;/h2-3H,1H3,(H3,7,8,9);2-3H,1H3,(H2,7,8,9);;1H;1H3/q;;-1;;. The van der Waals surface area contributed by atoms with Gasteiger partial charge in [0.15, 0.2) is 0 Å². The minimum absolute atomic E-state index is 0. The number of nitrogens with one attached hydrogen (secondary N) is 2. The molecule has 2 rings (SSSR count). The molecule has 0 aromatic carbocycles. The molecule has 0 atom stereocenters. The van der Waals surface area contributed by atoms with Crippen molar-refractivity contribution in [2.45, 2.75) is 13.8 Å². The monoisotopic (exact) mass is 775 g/mol. The summed E-state index contributed by atoms with van der Waals surface area (Å²) in [5.74, 6) is 0.0405. The van der Waals surface area contributed by atoms with E-state index in [1.165, 1.54) is 12.3 Å². The first-order valence-electron chi connectivity index (χ1n) is 5.52. The van der Waals surface area contributed by atoms with Gasteiger partial charge in [-0.05, 0) is 19.4 Å². The summed E-state index contributed by atoms with van der Waals surface area (Å²) in [6.45, 7) is 3.55. The summed E-state index contributed by atoms with van der Waals surface area (Å²) in [5, 5.41) is 8.88. The summed E-state index contributed by atoms with van der Waals surface area (Å²) in [6.07, 6.45) is 3.06. The van der Waals surface area contributed by atoms with Gasteiger partial charge in [0.2, 0.25) is 5.56 Å². The van der Waals surface area contributed by atoms with Crippen LogP contribution in [0.3, 0.4) is 0 Å². The molecule has 0 saturated carbocycles. The van der Waals surface area contributed by atoms with Crippen molar-refractivity contribution in [3.63, 3.8) is 0 Å². The van der Waals surface area contributed by atoms with Gasteiger partial charge in [-0.3, -0.25) is 9.59 Å².